The van der Waals surface area contributed by atoms with Gasteiger partial charge in [0.1, 0.15) is 0 Å². The molecule has 0 nitrogen and oxygen atoms in total. The number of allylic oxidation sites excluding steroid dienone is 4. The molecular weight excluding hydrogens is 679 g/mol. The number of hydrogen-bond acceptors (Lipinski definition) is 0. The molecule has 3 heteroatoms. The van der Waals surface area contributed by atoms with Crippen molar-refractivity contribution in [3.05, 3.63) is 81.4 Å². The first-order chi connectivity index (χ1) is 20.4. The quantitative estimate of drug-likeness (QED) is 0.294. The smallest absolute Gasteiger partial charge is 0.0129 e. The Bertz CT molecular complexity index is 1390. The molecule has 4 bridgehead atoms. The van der Waals surface area contributed by atoms with E-state index in [2.05, 4.69) is 126 Å². The van der Waals surface area contributed by atoms with Crippen molar-refractivity contribution in [3.63, 3.8) is 0 Å². The maximum atomic E-state index is 3.69. The first kappa shape index (κ1) is 39.7. The van der Waals surface area contributed by atoms with E-state index >= 15 is 0 Å². The summed E-state index contributed by atoms with van der Waals surface area (Å²) in [6.07, 6.45) is 17.0. The van der Waals surface area contributed by atoms with Gasteiger partial charge in [0, 0.05) is 0 Å². The van der Waals surface area contributed by atoms with Gasteiger partial charge in [-0.25, -0.2) is 6.08 Å². The zero-order valence-corrected chi connectivity index (χ0v) is 34.7. The van der Waals surface area contributed by atoms with Crippen LogP contribution >= 0.6 is 0 Å². The second kappa shape index (κ2) is 14.6. The van der Waals surface area contributed by atoms with Gasteiger partial charge in [-0.1, -0.05) is 96.8 Å². The van der Waals surface area contributed by atoms with E-state index in [-0.39, 0.29) is 35.6 Å². The van der Waals surface area contributed by atoms with Crippen molar-refractivity contribution in [3.8, 4) is 11.1 Å². The van der Waals surface area contributed by atoms with Gasteiger partial charge in [-0.2, -0.15) is 29.3 Å². The van der Waals surface area contributed by atoms with E-state index in [0.29, 0.717) is 11.3 Å². The molecule has 6 aliphatic rings. The van der Waals surface area contributed by atoms with Crippen molar-refractivity contribution in [2.24, 2.45) is 35.0 Å². The van der Waals surface area contributed by atoms with Crippen LogP contribution in [0.15, 0.2) is 35.9 Å². The largest absolute Gasteiger partial charge is 1.00 e. The van der Waals surface area contributed by atoms with Crippen molar-refractivity contribution in [1.29, 1.82) is 0 Å². The molecule has 2 aromatic carbocycles. The predicted octanol–water partition coefficient (Wildman–Crippen LogP) is 5.41. The zero-order chi connectivity index (χ0) is 32.4. The minimum atomic E-state index is 0. The molecule has 6 aliphatic carbocycles. The summed E-state index contributed by atoms with van der Waals surface area (Å²) >= 11 is 1.55. The number of fused-ring (bicyclic) bond motifs is 3. The molecule has 4 fully saturated rings. The number of hydrogen-bond donors (Lipinski definition) is 0. The van der Waals surface area contributed by atoms with Crippen molar-refractivity contribution >= 4 is 3.21 Å². The van der Waals surface area contributed by atoms with E-state index in [1.165, 1.54) is 73.4 Å². The second-order valence-electron chi connectivity index (χ2n) is 17.5. The first-order valence-corrected chi connectivity index (χ1v) is 18.6. The standard InChI is InChI=1S/C23H29.C17H23.C3H6.2ClH.Zr/c1-14-9-16-11-17-10-15(2)21(23(6,7)8)13-19(17)18(16)12-20(14)22(3,4)5;1-11-3-4-14(5-11)17(2)15-7-12-6-13(9-15)10-16(17)8-12;1-3-2;;;/h9,12-13H,11H2,1-8H3;4-5,11-13,15-16H,6-10H2,1-2H3;1-2H3;2*1H;/q2*-1;;;;+2/p-2. The summed E-state index contributed by atoms with van der Waals surface area (Å²) < 4.78 is 1.51. The average molecular weight is 737 g/mol. The fraction of sp³-hybridized carbons (Fsp3) is 0.605. The zero-order valence-electron chi connectivity index (χ0n) is 30.8. The SMILES string of the molecule is CC1[C-]=CC(C2(C)C3CC4CC(C3)CC2C4)=C1.C[C](C)=[Zr+2].Cc1[c-]c2c(cc1C(C)(C)C)-c1cc(C(C)(C)C)c(C)cc1C2.[Cl-].[Cl-]. The predicted molar refractivity (Wildman–Crippen MR) is 187 cm³/mol. The van der Waals surface area contributed by atoms with Crippen LogP contribution in [0.5, 0.6) is 0 Å². The fourth-order valence-electron chi connectivity index (χ4n) is 9.58. The van der Waals surface area contributed by atoms with E-state index in [9.17, 15) is 0 Å². The molecule has 1 unspecified atom stereocenters. The van der Waals surface area contributed by atoms with Crippen LogP contribution in [0.4, 0.5) is 0 Å². The van der Waals surface area contributed by atoms with Crippen LogP contribution in [0, 0.1) is 61.0 Å². The van der Waals surface area contributed by atoms with Gasteiger partial charge in [-0.05, 0) is 91.2 Å². The molecule has 46 heavy (non-hydrogen) atoms. The van der Waals surface area contributed by atoms with Crippen LogP contribution < -0.4 is 24.8 Å². The van der Waals surface area contributed by atoms with Gasteiger partial charge in [-0.3, -0.25) is 6.08 Å². The Morgan fingerprint density at radius 2 is 1.30 bits per heavy atom. The fourth-order valence-corrected chi connectivity index (χ4v) is 9.58. The molecule has 0 saturated heterocycles. The number of halogens is 2. The van der Waals surface area contributed by atoms with E-state index in [0.717, 1.165) is 30.1 Å². The summed E-state index contributed by atoms with van der Waals surface area (Å²) in [7, 11) is 0. The van der Waals surface area contributed by atoms with Crippen molar-refractivity contribution in [2.75, 3.05) is 0 Å². The minimum Gasteiger partial charge on any atom is -1.00 e. The van der Waals surface area contributed by atoms with E-state index < -0.39 is 0 Å². The van der Waals surface area contributed by atoms with Crippen molar-refractivity contribution in [1.82, 2.24) is 0 Å². The Labute approximate surface area is 310 Å². The molecule has 0 radical (unpaired) electrons. The molecule has 0 spiro atoms. The molecule has 4 saturated carbocycles. The first-order valence-electron chi connectivity index (χ1n) is 17.4. The Morgan fingerprint density at radius 3 is 1.76 bits per heavy atom. The van der Waals surface area contributed by atoms with Crippen LogP contribution in [0.2, 0.25) is 0 Å². The molecule has 0 amide bonds. The van der Waals surface area contributed by atoms with Gasteiger partial charge in [0.25, 0.3) is 0 Å². The molecule has 0 heterocycles. The Morgan fingerprint density at radius 1 is 0.804 bits per heavy atom. The molecule has 250 valence electrons. The number of benzene rings is 2. The Kier molecular flexibility index (Phi) is 12.6. The van der Waals surface area contributed by atoms with Crippen LogP contribution in [-0.2, 0) is 41.5 Å². The number of rotatable bonds is 1. The molecule has 0 aromatic heterocycles. The normalized spacial score (nSPS) is 28.0. The van der Waals surface area contributed by atoms with Crippen molar-refractivity contribution in [2.45, 2.75) is 132 Å². The van der Waals surface area contributed by atoms with E-state index in [4.69, 9.17) is 0 Å². The van der Waals surface area contributed by atoms with Crippen LogP contribution in [0.1, 0.15) is 135 Å². The molecular formula is C43H58Cl2Zr-2. The number of aryl methyl sites for hydroxylation is 2. The molecule has 0 aliphatic heterocycles. The van der Waals surface area contributed by atoms with E-state index in [1.54, 1.807) is 36.2 Å². The van der Waals surface area contributed by atoms with Gasteiger partial charge in [0.05, 0.1) is 0 Å². The summed E-state index contributed by atoms with van der Waals surface area (Å²) in [4.78, 5) is 0. The van der Waals surface area contributed by atoms with Crippen LogP contribution in [0.3, 0.4) is 0 Å². The summed E-state index contributed by atoms with van der Waals surface area (Å²) in [5.74, 6) is 4.68. The average Bonchev–Trinajstić information content (AvgIpc) is 3.47. The molecule has 0 N–H and O–H groups in total. The third-order valence-corrected chi connectivity index (χ3v) is 11.5. The van der Waals surface area contributed by atoms with Gasteiger partial charge in [-0.15, -0.1) is 16.7 Å². The molecule has 8 rings (SSSR count). The third kappa shape index (κ3) is 8.00. The Balaban J connectivity index is 0.000000222. The van der Waals surface area contributed by atoms with Crippen molar-refractivity contribution < 1.29 is 49.0 Å². The van der Waals surface area contributed by atoms with Gasteiger partial charge in [0.15, 0.2) is 0 Å². The molecule has 2 aromatic rings. The summed E-state index contributed by atoms with van der Waals surface area (Å²) in [6, 6.07) is 10.9. The Hall–Kier alpha value is -0.747. The maximum absolute atomic E-state index is 3.69. The summed E-state index contributed by atoms with van der Waals surface area (Å²) in [6.45, 7) is 27.3. The van der Waals surface area contributed by atoms with Crippen LogP contribution in [-0.4, -0.2) is 3.21 Å². The summed E-state index contributed by atoms with van der Waals surface area (Å²) in [5, 5.41) is 0. The topological polar surface area (TPSA) is 0 Å². The van der Waals surface area contributed by atoms with Gasteiger partial charge in [0.2, 0.25) is 0 Å². The van der Waals surface area contributed by atoms with Gasteiger partial charge >= 0.3 is 41.3 Å². The monoisotopic (exact) mass is 734 g/mol. The maximum Gasteiger partial charge on any atom is -0.0129 e. The van der Waals surface area contributed by atoms with E-state index in [1.807, 2.05) is 0 Å². The van der Waals surface area contributed by atoms with Gasteiger partial charge < -0.3 is 24.8 Å². The summed E-state index contributed by atoms with van der Waals surface area (Å²) in [5.41, 5.74) is 13.8. The molecule has 1 atom stereocenters. The van der Waals surface area contributed by atoms with Crippen LogP contribution in [0.25, 0.3) is 11.1 Å². The second-order valence-corrected chi connectivity index (χ2v) is 20.0. The minimum absolute atomic E-state index is 0. The third-order valence-electron chi connectivity index (χ3n) is 11.5.